The summed E-state index contributed by atoms with van der Waals surface area (Å²) >= 11 is 1.39. The second-order valence-corrected chi connectivity index (χ2v) is 9.68. The molecule has 1 heterocycles. The lowest BCUT2D eigenvalue weighted by molar-refractivity contribution is -0.112. The number of carbonyl (C=O) groups is 2. The zero-order chi connectivity index (χ0) is 25.9. The van der Waals surface area contributed by atoms with Gasteiger partial charge in [-0.05, 0) is 68.4 Å². The molecule has 1 aliphatic carbocycles. The van der Waals surface area contributed by atoms with Crippen molar-refractivity contribution in [3.63, 3.8) is 0 Å². The maximum atomic E-state index is 13.0. The molecule has 1 amide bonds. The third-order valence-corrected chi connectivity index (χ3v) is 7.20. The van der Waals surface area contributed by atoms with E-state index in [9.17, 15) is 14.9 Å². The van der Waals surface area contributed by atoms with Crippen molar-refractivity contribution in [2.75, 3.05) is 25.6 Å². The van der Waals surface area contributed by atoms with Gasteiger partial charge >= 0.3 is 5.97 Å². The van der Waals surface area contributed by atoms with Crippen LogP contribution in [0.1, 0.15) is 78.7 Å². The largest absolute Gasteiger partial charge is 0.493 e. The number of ether oxygens (including phenoxy) is 3. The fraction of sp³-hybridized carbons (Fsp3) is 0.464. The molecule has 0 spiro atoms. The molecule has 0 atom stereocenters. The minimum absolute atomic E-state index is 0.0773. The number of carbonyl (C=O) groups excluding carboxylic acids is 2. The van der Waals surface area contributed by atoms with Crippen LogP contribution >= 0.6 is 11.3 Å². The van der Waals surface area contributed by atoms with Gasteiger partial charge in [0.25, 0.3) is 5.91 Å². The molecule has 0 aliphatic heterocycles. The minimum atomic E-state index is -0.572. The van der Waals surface area contributed by atoms with Gasteiger partial charge in [-0.25, -0.2) is 4.79 Å². The summed E-state index contributed by atoms with van der Waals surface area (Å²) in [5.41, 5.74) is 1.93. The first-order chi connectivity index (χ1) is 17.5. The summed E-state index contributed by atoms with van der Waals surface area (Å²) in [6.07, 6.45) is 9.62. The molecule has 1 aliphatic rings. The van der Waals surface area contributed by atoms with Gasteiger partial charge in [0.2, 0.25) is 0 Å². The van der Waals surface area contributed by atoms with Crippen LogP contribution in [0.3, 0.4) is 0 Å². The molecule has 0 saturated carbocycles. The highest BCUT2D eigenvalue weighted by Crippen LogP contribution is 2.39. The Morgan fingerprint density at radius 3 is 2.67 bits per heavy atom. The van der Waals surface area contributed by atoms with E-state index in [4.69, 9.17) is 14.2 Å². The van der Waals surface area contributed by atoms with Gasteiger partial charge in [0.05, 0.1) is 25.9 Å². The molecule has 1 aromatic heterocycles. The molecule has 0 saturated heterocycles. The molecule has 192 valence electrons. The van der Waals surface area contributed by atoms with E-state index in [1.165, 1.54) is 23.8 Å². The number of benzene rings is 1. The first-order valence-electron chi connectivity index (χ1n) is 12.6. The average molecular weight is 511 g/mol. The second kappa shape index (κ2) is 13.7. The van der Waals surface area contributed by atoms with Crippen molar-refractivity contribution in [3.05, 3.63) is 45.3 Å². The van der Waals surface area contributed by atoms with Crippen LogP contribution in [0.2, 0.25) is 0 Å². The molecule has 1 aromatic carbocycles. The van der Waals surface area contributed by atoms with Gasteiger partial charge in [-0.3, -0.25) is 4.79 Å². The van der Waals surface area contributed by atoms with E-state index in [1.54, 1.807) is 32.2 Å². The third kappa shape index (κ3) is 6.88. The SMILES string of the molecule is CCCCCCOc1ccc(/C=C(\C#N)C(=O)Nc2sc3c(c2C(=O)OCC)CCCC3)cc1OC. The Hall–Kier alpha value is -3.31. The van der Waals surface area contributed by atoms with Crippen LogP contribution in [-0.4, -0.2) is 32.2 Å². The number of hydrogen-bond acceptors (Lipinski definition) is 7. The molecule has 0 bridgehead atoms. The number of aryl methyl sites for hydroxylation is 1. The number of nitriles is 1. The highest BCUT2D eigenvalue weighted by atomic mass is 32.1. The fourth-order valence-corrected chi connectivity index (χ4v) is 5.44. The number of amides is 1. The van der Waals surface area contributed by atoms with Gasteiger partial charge in [-0.1, -0.05) is 32.3 Å². The Kier molecular flexibility index (Phi) is 10.4. The predicted octanol–water partition coefficient (Wildman–Crippen LogP) is 6.32. The predicted molar refractivity (Wildman–Crippen MR) is 142 cm³/mol. The van der Waals surface area contributed by atoms with Crippen LogP contribution in [0.5, 0.6) is 11.5 Å². The molecular weight excluding hydrogens is 476 g/mol. The zero-order valence-electron chi connectivity index (χ0n) is 21.3. The average Bonchev–Trinajstić information content (AvgIpc) is 3.25. The van der Waals surface area contributed by atoms with Crippen molar-refractivity contribution in [1.82, 2.24) is 0 Å². The molecule has 3 rings (SSSR count). The summed E-state index contributed by atoms with van der Waals surface area (Å²) in [5, 5.41) is 12.9. The van der Waals surface area contributed by atoms with E-state index in [1.807, 2.05) is 6.07 Å². The molecule has 36 heavy (non-hydrogen) atoms. The molecule has 0 unspecified atom stereocenters. The van der Waals surface area contributed by atoms with Gasteiger partial charge in [-0.15, -0.1) is 11.3 Å². The number of esters is 1. The van der Waals surface area contributed by atoms with Crippen molar-refractivity contribution in [2.24, 2.45) is 0 Å². The number of nitrogens with zero attached hydrogens (tertiary/aromatic N) is 1. The van der Waals surface area contributed by atoms with Crippen LogP contribution in [0, 0.1) is 11.3 Å². The van der Waals surface area contributed by atoms with Crippen molar-refractivity contribution >= 4 is 34.3 Å². The molecule has 2 aromatic rings. The number of nitrogens with one attached hydrogen (secondary N) is 1. The first kappa shape index (κ1) is 27.3. The van der Waals surface area contributed by atoms with Crippen LogP contribution < -0.4 is 14.8 Å². The monoisotopic (exact) mass is 510 g/mol. The lowest BCUT2D eigenvalue weighted by Gasteiger charge is -2.12. The van der Waals surface area contributed by atoms with Gasteiger partial charge in [0, 0.05) is 4.88 Å². The number of unbranched alkanes of at least 4 members (excludes halogenated alkanes) is 3. The third-order valence-electron chi connectivity index (χ3n) is 6.00. The molecule has 1 N–H and O–H groups in total. The summed E-state index contributed by atoms with van der Waals surface area (Å²) in [4.78, 5) is 26.8. The second-order valence-electron chi connectivity index (χ2n) is 8.58. The van der Waals surface area contributed by atoms with Crippen molar-refractivity contribution < 1.29 is 23.8 Å². The Morgan fingerprint density at radius 2 is 1.94 bits per heavy atom. The number of rotatable bonds is 12. The minimum Gasteiger partial charge on any atom is -0.493 e. The van der Waals surface area contributed by atoms with Crippen LogP contribution in [-0.2, 0) is 22.4 Å². The number of hydrogen-bond donors (Lipinski definition) is 1. The number of thiophene rings is 1. The Morgan fingerprint density at radius 1 is 1.14 bits per heavy atom. The smallest absolute Gasteiger partial charge is 0.341 e. The van der Waals surface area contributed by atoms with E-state index in [2.05, 4.69) is 12.2 Å². The Balaban J connectivity index is 1.78. The molecule has 0 radical (unpaired) electrons. The summed E-state index contributed by atoms with van der Waals surface area (Å²) < 4.78 is 16.6. The van der Waals surface area contributed by atoms with Gasteiger partial charge in [0.15, 0.2) is 11.5 Å². The van der Waals surface area contributed by atoms with Gasteiger partial charge < -0.3 is 19.5 Å². The molecule has 0 fully saturated rings. The summed E-state index contributed by atoms with van der Waals surface area (Å²) in [5.74, 6) is 0.145. The summed E-state index contributed by atoms with van der Waals surface area (Å²) in [6.45, 7) is 4.77. The topological polar surface area (TPSA) is 97.7 Å². The van der Waals surface area contributed by atoms with Crippen LogP contribution in [0.25, 0.3) is 6.08 Å². The maximum Gasteiger partial charge on any atom is 0.341 e. The number of anilines is 1. The summed E-state index contributed by atoms with van der Waals surface area (Å²) in [7, 11) is 1.56. The van der Waals surface area contributed by atoms with E-state index >= 15 is 0 Å². The van der Waals surface area contributed by atoms with Crippen LogP contribution in [0.15, 0.2) is 23.8 Å². The fourth-order valence-electron chi connectivity index (χ4n) is 4.16. The lowest BCUT2D eigenvalue weighted by atomic mass is 9.95. The quantitative estimate of drug-likeness (QED) is 0.155. The Labute approximate surface area is 217 Å². The number of methoxy groups -OCH3 is 1. The van der Waals surface area contributed by atoms with E-state index in [0.717, 1.165) is 55.4 Å². The molecule has 8 heteroatoms. The van der Waals surface area contributed by atoms with E-state index in [0.29, 0.717) is 34.2 Å². The Bertz CT molecular complexity index is 1150. The van der Waals surface area contributed by atoms with Gasteiger partial charge in [-0.2, -0.15) is 5.26 Å². The van der Waals surface area contributed by atoms with Crippen molar-refractivity contribution in [2.45, 2.75) is 65.2 Å². The normalized spacial score (nSPS) is 12.9. The maximum absolute atomic E-state index is 13.0. The highest BCUT2D eigenvalue weighted by Gasteiger charge is 2.27. The van der Waals surface area contributed by atoms with E-state index < -0.39 is 11.9 Å². The number of fused-ring (bicyclic) bond motifs is 1. The van der Waals surface area contributed by atoms with Crippen LogP contribution in [0.4, 0.5) is 5.00 Å². The van der Waals surface area contributed by atoms with Gasteiger partial charge in [0.1, 0.15) is 16.6 Å². The van der Waals surface area contributed by atoms with Crippen molar-refractivity contribution in [1.29, 1.82) is 5.26 Å². The highest BCUT2D eigenvalue weighted by molar-refractivity contribution is 7.17. The standard InChI is InChI=1S/C28H34N2O5S/c1-4-6-7-10-15-35-22-14-13-19(17-23(22)33-3)16-20(18-29)26(31)30-27-25(28(32)34-5-2)21-11-8-9-12-24(21)36-27/h13-14,16-17H,4-12,15H2,1-3H3,(H,30,31)/b20-16+. The van der Waals surface area contributed by atoms with Crippen molar-refractivity contribution in [3.8, 4) is 17.6 Å². The zero-order valence-corrected chi connectivity index (χ0v) is 22.1. The molecular formula is C28H34N2O5S. The van der Waals surface area contributed by atoms with E-state index in [-0.39, 0.29) is 12.2 Å². The lowest BCUT2D eigenvalue weighted by Crippen LogP contribution is -2.16. The molecule has 7 nitrogen and oxygen atoms in total. The first-order valence-corrected chi connectivity index (χ1v) is 13.4. The summed E-state index contributed by atoms with van der Waals surface area (Å²) in [6, 6.07) is 7.28.